The van der Waals surface area contributed by atoms with E-state index in [1.165, 1.54) is 11.1 Å². The van der Waals surface area contributed by atoms with Crippen LogP contribution in [0.3, 0.4) is 0 Å². The summed E-state index contributed by atoms with van der Waals surface area (Å²) in [4.78, 5) is 0. The Balaban J connectivity index is 1.98. The SMILES string of the molecule is Cc1ccc(C#Cc2cc(OCCC[N+](C)(C)C)c(C#Cc3ccc(C)cc3)cc2OCCC[N+](C)(C)C)cc1. The highest BCUT2D eigenvalue weighted by Crippen LogP contribution is 2.29. The first-order valence-electron chi connectivity index (χ1n) is 14.1. The lowest BCUT2D eigenvalue weighted by atomic mass is 10.1. The third-order valence-electron chi connectivity index (χ3n) is 6.33. The molecule has 0 amide bonds. The number of hydrogen-bond acceptors (Lipinski definition) is 2. The van der Waals surface area contributed by atoms with Gasteiger partial charge in [0, 0.05) is 36.1 Å². The van der Waals surface area contributed by atoms with E-state index in [4.69, 9.17) is 9.47 Å². The summed E-state index contributed by atoms with van der Waals surface area (Å²) < 4.78 is 14.5. The molecule has 3 aromatic rings. The van der Waals surface area contributed by atoms with Gasteiger partial charge in [-0.05, 0) is 38.1 Å². The number of ether oxygens (including phenoxy) is 2. The van der Waals surface area contributed by atoms with Crippen molar-refractivity contribution in [3.8, 4) is 35.2 Å². The van der Waals surface area contributed by atoms with Gasteiger partial charge in [0.2, 0.25) is 0 Å². The van der Waals surface area contributed by atoms with Gasteiger partial charge in [0.1, 0.15) is 11.5 Å². The third-order valence-corrected chi connectivity index (χ3v) is 6.33. The first-order chi connectivity index (χ1) is 18.9. The summed E-state index contributed by atoms with van der Waals surface area (Å²) >= 11 is 0. The van der Waals surface area contributed by atoms with E-state index in [1.807, 2.05) is 36.4 Å². The van der Waals surface area contributed by atoms with Gasteiger partial charge in [-0.2, -0.15) is 0 Å². The average molecular weight is 539 g/mol. The zero-order valence-electron chi connectivity index (χ0n) is 25.7. The van der Waals surface area contributed by atoms with Crippen LogP contribution in [0.15, 0.2) is 60.7 Å². The molecule has 4 nitrogen and oxygen atoms in total. The molecule has 0 saturated carbocycles. The van der Waals surface area contributed by atoms with Gasteiger partial charge in [-0.1, -0.05) is 59.1 Å². The highest BCUT2D eigenvalue weighted by atomic mass is 16.5. The van der Waals surface area contributed by atoms with E-state index in [1.54, 1.807) is 0 Å². The lowest BCUT2D eigenvalue weighted by molar-refractivity contribution is -0.870. The molecule has 3 aromatic carbocycles. The predicted molar refractivity (Wildman–Crippen MR) is 167 cm³/mol. The molecule has 0 heterocycles. The molecule has 40 heavy (non-hydrogen) atoms. The monoisotopic (exact) mass is 538 g/mol. The minimum atomic E-state index is 0.614. The van der Waals surface area contributed by atoms with E-state index in [-0.39, 0.29) is 0 Å². The molecule has 0 spiro atoms. The van der Waals surface area contributed by atoms with Crippen molar-refractivity contribution in [3.05, 3.63) is 94.0 Å². The topological polar surface area (TPSA) is 18.5 Å². The van der Waals surface area contributed by atoms with Crippen molar-refractivity contribution in [2.24, 2.45) is 0 Å². The van der Waals surface area contributed by atoms with Crippen LogP contribution in [0.4, 0.5) is 0 Å². The molecule has 0 radical (unpaired) electrons. The van der Waals surface area contributed by atoms with Crippen molar-refractivity contribution in [1.29, 1.82) is 0 Å². The summed E-state index contributed by atoms with van der Waals surface area (Å²) in [5.74, 6) is 14.8. The minimum absolute atomic E-state index is 0.614. The summed E-state index contributed by atoms with van der Waals surface area (Å²) in [6.07, 6.45) is 1.89. The van der Waals surface area contributed by atoms with Crippen LogP contribution < -0.4 is 9.47 Å². The number of nitrogens with zero attached hydrogens (tertiary/aromatic N) is 2. The lowest BCUT2D eigenvalue weighted by Gasteiger charge is -2.24. The zero-order valence-corrected chi connectivity index (χ0v) is 25.7. The number of rotatable bonds is 10. The van der Waals surface area contributed by atoms with Gasteiger partial charge in [-0.3, -0.25) is 0 Å². The van der Waals surface area contributed by atoms with Crippen LogP contribution in [-0.4, -0.2) is 77.6 Å². The molecule has 0 aliphatic carbocycles. The van der Waals surface area contributed by atoms with Crippen molar-refractivity contribution in [1.82, 2.24) is 0 Å². The van der Waals surface area contributed by atoms with Crippen molar-refractivity contribution < 1.29 is 18.4 Å². The second kappa shape index (κ2) is 14.1. The highest BCUT2D eigenvalue weighted by Gasteiger charge is 2.13. The number of quaternary nitrogens is 2. The summed E-state index contributed by atoms with van der Waals surface area (Å²) in [6.45, 7) is 7.44. The maximum atomic E-state index is 6.34. The third kappa shape index (κ3) is 11.2. The van der Waals surface area contributed by atoms with Gasteiger partial charge in [-0.25, -0.2) is 0 Å². The fourth-order valence-corrected chi connectivity index (χ4v) is 3.99. The van der Waals surface area contributed by atoms with E-state index in [2.05, 4.69) is 104 Å². The average Bonchev–Trinajstić information content (AvgIpc) is 2.88. The number of aryl methyl sites for hydroxylation is 2. The molecule has 0 aliphatic rings. The van der Waals surface area contributed by atoms with Crippen LogP contribution in [0, 0.1) is 37.5 Å². The maximum Gasteiger partial charge on any atom is 0.136 e. The maximum absolute atomic E-state index is 6.34. The molecule has 0 bridgehead atoms. The Morgan fingerprint density at radius 3 is 1.20 bits per heavy atom. The Morgan fingerprint density at radius 1 is 0.525 bits per heavy atom. The highest BCUT2D eigenvalue weighted by molar-refractivity contribution is 5.60. The molecule has 0 atom stereocenters. The van der Waals surface area contributed by atoms with Gasteiger partial charge in [0.05, 0.1) is 79.7 Å². The second-order valence-corrected chi connectivity index (χ2v) is 12.5. The van der Waals surface area contributed by atoms with Crippen LogP contribution in [0.5, 0.6) is 11.5 Å². The Hall–Kier alpha value is -3.70. The van der Waals surface area contributed by atoms with Gasteiger partial charge < -0.3 is 18.4 Å². The summed E-state index contributed by atoms with van der Waals surface area (Å²) in [6, 6.07) is 20.5. The van der Waals surface area contributed by atoms with Crippen LogP contribution in [-0.2, 0) is 0 Å². The normalized spacial score (nSPS) is 11.2. The van der Waals surface area contributed by atoms with Crippen LogP contribution in [0.2, 0.25) is 0 Å². The molecule has 0 fully saturated rings. The first-order valence-corrected chi connectivity index (χ1v) is 14.1. The van der Waals surface area contributed by atoms with E-state index in [0.29, 0.717) is 13.2 Å². The Kier molecular flexibility index (Phi) is 10.9. The molecule has 210 valence electrons. The number of benzene rings is 3. The molecule has 4 heteroatoms. The van der Waals surface area contributed by atoms with Crippen molar-refractivity contribution >= 4 is 0 Å². The van der Waals surface area contributed by atoms with Crippen LogP contribution >= 0.6 is 0 Å². The molecule has 3 rings (SSSR count). The van der Waals surface area contributed by atoms with Gasteiger partial charge in [-0.15, -0.1) is 0 Å². The van der Waals surface area contributed by atoms with E-state index in [0.717, 1.165) is 68.7 Å². The molecular formula is C36H46N2O2+2. The largest absolute Gasteiger partial charge is 0.492 e. The van der Waals surface area contributed by atoms with Gasteiger partial charge >= 0.3 is 0 Å². The number of hydrogen-bond donors (Lipinski definition) is 0. The minimum Gasteiger partial charge on any atom is -0.492 e. The molecule has 0 N–H and O–H groups in total. The fourth-order valence-electron chi connectivity index (χ4n) is 3.99. The van der Waals surface area contributed by atoms with Crippen LogP contribution in [0.25, 0.3) is 0 Å². The van der Waals surface area contributed by atoms with Crippen molar-refractivity contribution in [3.63, 3.8) is 0 Å². The summed E-state index contributed by atoms with van der Waals surface area (Å²) in [5, 5.41) is 0. The van der Waals surface area contributed by atoms with E-state index < -0.39 is 0 Å². The standard InChI is InChI=1S/C36H46N2O2/c1-29-11-15-31(16-12-29)19-21-33-27-36(40-26-10-24-38(6,7)8)34(22-20-32-17-13-30(2)14-18-32)28-35(33)39-25-9-23-37(3,4)5/h11-18,27-28H,9-10,23-26H2,1-8H3/q+2. The molecule has 0 saturated heterocycles. The van der Waals surface area contributed by atoms with Crippen LogP contribution in [0.1, 0.15) is 46.2 Å². The lowest BCUT2D eigenvalue weighted by Crippen LogP contribution is -2.36. The first kappa shape index (κ1) is 30.8. The summed E-state index contributed by atoms with van der Waals surface area (Å²) in [5.41, 5.74) is 5.99. The zero-order chi connectivity index (χ0) is 29.2. The van der Waals surface area contributed by atoms with Crippen molar-refractivity contribution in [2.45, 2.75) is 26.7 Å². The smallest absolute Gasteiger partial charge is 0.136 e. The van der Waals surface area contributed by atoms with E-state index in [9.17, 15) is 0 Å². The molecular weight excluding hydrogens is 492 g/mol. The Morgan fingerprint density at radius 2 is 0.875 bits per heavy atom. The fraction of sp³-hybridized carbons (Fsp3) is 0.389. The van der Waals surface area contributed by atoms with E-state index >= 15 is 0 Å². The van der Waals surface area contributed by atoms with Crippen molar-refractivity contribution in [2.75, 3.05) is 68.6 Å². The second-order valence-electron chi connectivity index (χ2n) is 12.5. The van der Waals surface area contributed by atoms with Gasteiger partial charge in [0.25, 0.3) is 0 Å². The molecule has 0 aromatic heterocycles. The van der Waals surface area contributed by atoms with Gasteiger partial charge in [0.15, 0.2) is 0 Å². The molecule has 0 aliphatic heterocycles. The molecule has 0 unspecified atom stereocenters. The predicted octanol–water partition coefficient (Wildman–Crippen LogP) is 6.05. The summed E-state index contributed by atoms with van der Waals surface area (Å²) in [7, 11) is 13.2. The quantitative estimate of drug-likeness (QED) is 0.178. The Bertz CT molecular complexity index is 1260. The Labute approximate surface area is 242 Å².